The van der Waals surface area contributed by atoms with Crippen molar-refractivity contribution in [3.05, 3.63) is 89.3 Å². The maximum absolute atomic E-state index is 12.7. The molecule has 0 atom stereocenters. The van der Waals surface area contributed by atoms with Gasteiger partial charge in [0.25, 0.3) is 5.56 Å². The third-order valence-electron chi connectivity index (χ3n) is 5.57. The van der Waals surface area contributed by atoms with Crippen molar-refractivity contribution in [1.82, 2.24) is 15.0 Å². The molecule has 6 aromatic rings. The first kappa shape index (κ1) is 16.7. The molecule has 3 heterocycles. The highest BCUT2D eigenvalue weighted by Gasteiger charge is 2.13. The van der Waals surface area contributed by atoms with Gasteiger partial charge in [0.2, 0.25) is 0 Å². The number of fused-ring (bicyclic) bond motifs is 6. The number of para-hydroxylation sites is 1. The first-order chi connectivity index (χ1) is 14.7. The van der Waals surface area contributed by atoms with Crippen molar-refractivity contribution >= 4 is 43.5 Å². The van der Waals surface area contributed by atoms with E-state index in [1.165, 1.54) is 0 Å². The zero-order chi connectivity index (χ0) is 20.2. The molecule has 3 aromatic carbocycles. The summed E-state index contributed by atoms with van der Waals surface area (Å²) in [7, 11) is 0. The van der Waals surface area contributed by atoms with Crippen LogP contribution in [0.3, 0.4) is 0 Å². The number of hydrogen-bond donors (Lipinski definition) is 2. The molecule has 30 heavy (non-hydrogen) atoms. The van der Waals surface area contributed by atoms with E-state index < -0.39 is 0 Å². The van der Waals surface area contributed by atoms with Crippen LogP contribution in [0.25, 0.3) is 54.7 Å². The summed E-state index contributed by atoms with van der Waals surface area (Å²) in [6.07, 6.45) is 1.69. The van der Waals surface area contributed by atoms with Gasteiger partial charge < -0.3 is 10.1 Å². The number of nitrogens with one attached hydrogen (secondary N) is 1. The summed E-state index contributed by atoms with van der Waals surface area (Å²) < 4.78 is 0. The number of aromatic nitrogens is 3. The average molecular weight is 389 g/mol. The minimum absolute atomic E-state index is 0.122. The Hall–Kier alpha value is -4.25. The topological polar surface area (TPSA) is 78.9 Å². The molecule has 5 heteroatoms. The SMILES string of the molecule is O=c1[nH]c2c(-c3ccc4cc(O)c5cccnc5c4n3)cccc2c2ccccc12. The summed E-state index contributed by atoms with van der Waals surface area (Å²) in [5.74, 6) is 0.182. The van der Waals surface area contributed by atoms with Crippen molar-refractivity contribution in [1.29, 1.82) is 0 Å². The molecule has 0 aliphatic carbocycles. The quantitative estimate of drug-likeness (QED) is 0.381. The van der Waals surface area contributed by atoms with E-state index in [-0.39, 0.29) is 11.3 Å². The summed E-state index contributed by atoms with van der Waals surface area (Å²) in [6, 6.07) is 22.7. The van der Waals surface area contributed by atoms with Crippen LogP contribution in [0.1, 0.15) is 0 Å². The lowest BCUT2D eigenvalue weighted by Gasteiger charge is -2.10. The van der Waals surface area contributed by atoms with E-state index in [2.05, 4.69) is 9.97 Å². The fraction of sp³-hybridized carbons (Fsp3) is 0. The van der Waals surface area contributed by atoms with E-state index in [1.54, 1.807) is 18.3 Å². The van der Waals surface area contributed by atoms with Crippen LogP contribution in [0.4, 0.5) is 0 Å². The zero-order valence-electron chi connectivity index (χ0n) is 15.8. The molecule has 0 saturated heterocycles. The molecule has 0 aliphatic heterocycles. The smallest absolute Gasteiger partial charge is 0.256 e. The van der Waals surface area contributed by atoms with Gasteiger partial charge in [-0.3, -0.25) is 9.78 Å². The molecule has 3 aromatic heterocycles. The molecule has 0 aliphatic rings. The number of aromatic amines is 1. The Bertz CT molecular complexity index is 1690. The lowest BCUT2D eigenvalue weighted by Crippen LogP contribution is -2.07. The maximum atomic E-state index is 12.7. The third kappa shape index (κ3) is 2.32. The molecule has 0 saturated carbocycles. The Morgan fingerprint density at radius 3 is 2.47 bits per heavy atom. The van der Waals surface area contributed by atoms with Crippen LogP contribution in [-0.4, -0.2) is 20.1 Å². The van der Waals surface area contributed by atoms with Crippen molar-refractivity contribution in [2.24, 2.45) is 0 Å². The van der Waals surface area contributed by atoms with Crippen molar-refractivity contribution in [2.45, 2.75) is 0 Å². The predicted octanol–water partition coefficient (Wildman–Crippen LogP) is 5.15. The first-order valence-corrected chi connectivity index (χ1v) is 9.62. The summed E-state index contributed by atoms with van der Waals surface area (Å²) in [5.41, 5.74) is 3.56. The molecule has 0 fully saturated rings. The van der Waals surface area contributed by atoms with Gasteiger partial charge in [0.1, 0.15) is 11.3 Å². The molecule has 6 rings (SSSR count). The summed E-state index contributed by atoms with van der Waals surface area (Å²) in [5, 5.41) is 14.3. The first-order valence-electron chi connectivity index (χ1n) is 9.62. The Morgan fingerprint density at radius 1 is 0.767 bits per heavy atom. The van der Waals surface area contributed by atoms with E-state index >= 15 is 0 Å². The maximum Gasteiger partial charge on any atom is 0.256 e. The van der Waals surface area contributed by atoms with Gasteiger partial charge in [-0.05, 0) is 35.7 Å². The van der Waals surface area contributed by atoms with Crippen LogP contribution < -0.4 is 5.56 Å². The number of pyridine rings is 3. The van der Waals surface area contributed by atoms with Gasteiger partial charge in [0.05, 0.1) is 16.7 Å². The minimum atomic E-state index is -0.122. The van der Waals surface area contributed by atoms with Gasteiger partial charge in [0, 0.05) is 33.3 Å². The van der Waals surface area contributed by atoms with Crippen molar-refractivity contribution in [3.8, 4) is 17.0 Å². The molecular formula is C25H15N3O2. The number of H-pyrrole nitrogens is 1. The van der Waals surface area contributed by atoms with Crippen molar-refractivity contribution in [3.63, 3.8) is 0 Å². The van der Waals surface area contributed by atoms with Crippen LogP contribution in [0.2, 0.25) is 0 Å². The van der Waals surface area contributed by atoms with E-state index in [9.17, 15) is 9.90 Å². The average Bonchev–Trinajstić information content (AvgIpc) is 2.79. The molecule has 142 valence electrons. The number of phenols is 1. The van der Waals surface area contributed by atoms with E-state index in [4.69, 9.17) is 4.98 Å². The number of aromatic hydroxyl groups is 1. The molecule has 2 N–H and O–H groups in total. The van der Waals surface area contributed by atoms with E-state index in [1.807, 2.05) is 60.7 Å². The number of benzene rings is 3. The fourth-order valence-electron chi connectivity index (χ4n) is 4.17. The Kier molecular flexibility index (Phi) is 3.40. The van der Waals surface area contributed by atoms with E-state index in [0.717, 1.165) is 32.9 Å². The Morgan fingerprint density at radius 2 is 1.57 bits per heavy atom. The summed E-state index contributed by atoms with van der Waals surface area (Å²) in [4.78, 5) is 25.1. The number of hydrogen-bond acceptors (Lipinski definition) is 4. The van der Waals surface area contributed by atoms with Gasteiger partial charge in [-0.1, -0.05) is 42.5 Å². The Labute approximate surface area is 170 Å². The van der Waals surface area contributed by atoms with Crippen LogP contribution in [0.15, 0.2) is 83.8 Å². The van der Waals surface area contributed by atoms with Gasteiger partial charge in [-0.15, -0.1) is 0 Å². The number of nitrogens with zero attached hydrogens (tertiary/aromatic N) is 2. The lowest BCUT2D eigenvalue weighted by atomic mass is 10.0. The normalized spacial score (nSPS) is 11.6. The van der Waals surface area contributed by atoms with Crippen molar-refractivity contribution < 1.29 is 5.11 Å². The predicted molar refractivity (Wildman–Crippen MR) is 120 cm³/mol. The number of rotatable bonds is 1. The Balaban J connectivity index is 1.71. The summed E-state index contributed by atoms with van der Waals surface area (Å²) in [6.45, 7) is 0. The minimum Gasteiger partial charge on any atom is -0.507 e. The molecule has 0 spiro atoms. The lowest BCUT2D eigenvalue weighted by molar-refractivity contribution is 0.482. The van der Waals surface area contributed by atoms with Crippen LogP contribution in [0.5, 0.6) is 5.75 Å². The standard InChI is InChI=1S/C25H15N3O2/c29-21-13-14-10-11-20(27-22(14)24-19(21)9-4-12-26-24)18-8-3-7-16-15-5-1-2-6-17(15)25(30)28-23(16)18/h1-13,29H,(H,28,30). The molecule has 5 nitrogen and oxygen atoms in total. The second-order valence-corrected chi connectivity index (χ2v) is 7.29. The van der Waals surface area contributed by atoms with Gasteiger partial charge in [-0.25, -0.2) is 4.98 Å². The molecule has 0 amide bonds. The van der Waals surface area contributed by atoms with Crippen molar-refractivity contribution in [2.75, 3.05) is 0 Å². The molecule has 0 radical (unpaired) electrons. The van der Waals surface area contributed by atoms with Crippen LogP contribution in [0, 0.1) is 0 Å². The fourth-order valence-corrected chi connectivity index (χ4v) is 4.17. The van der Waals surface area contributed by atoms with E-state index in [0.29, 0.717) is 21.8 Å². The molecule has 0 unspecified atom stereocenters. The van der Waals surface area contributed by atoms with Crippen LogP contribution >= 0.6 is 0 Å². The highest BCUT2D eigenvalue weighted by Crippen LogP contribution is 2.34. The van der Waals surface area contributed by atoms with Gasteiger partial charge in [0.15, 0.2) is 0 Å². The largest absolute Gasteiger partial charge is 0.507 e. The monoisotopic (exact) mass is 389 g/mol. The second kappa shape index (κ2) is 6.12. The third-order valence-corrected chi connectivity index (χ3v) is 5.57. The van der Waals surface area contributed by atoms with Gasteiger partial charge in [-0.2, -0.15) is 0 Å². The molecule has 0 bridgehead atoms. The second-order valence-electron chi connectivity index (χ2n) is 7.29. The van der Waals surface area contributed by atoms with Crippen LogP contribution in [-0.2, 0) is 0 Å². The highest BCUT2D eigenvalue weighted by molar-refractivity contribution is 6.10. The summed E-state index contributed by atoms with van der Waals surface area (Å²) >= 11 is 0. The zero-order valence-corrected chi connectivity index (χ0v) is 15.8. The number of phenolic OH excluding ortho intramolecular Hbond substituents is 1. The van der Waals surface area contributed by atoms with Gasteiger partial charge >= 0.3 is 0 Å². The highest BCUT2D eigenvalue weighted by atomic mass is 16.3. The molecular weight excluding hydrogens is 374 g/mol.